The summed E-state index contributed by atoms with van der Waals surface area (Å²) >= 11 is 8.36. The fourth-order valence-electron chi connectivity index (χ4n) is 5.25. The van der Waals surface area contributed by atoms with Crippen molar-refractivity contribution in [2.75, 3.05) is 13.7 Å². The number of fused-ring (bicyclic) bond motifs is 1. The normalized spacial score (nSPS) is 14.5. The van der Waals surface area contributed by atoms with Crippen molar-refractivity contribution in [3.8, 4) is 28.7 Å². The fraction of sp³-hybridized carbons (Fsp3) is 0.242. The van der Waals surface area contributed by atoms with Gasteiger partial charge in [-0.2, -0.15) is 5.26 Å². The minimum atomic E-state index is -1.18. The monoisotopic (exact) mass is 633 g/mol. The average molecular weight is 634 g/mol. The largest absolute Gasteiger partial charge is 0.496 e. The average Bonchev–Trinajstić information content (AvgIpc) is 3.44. The second kappa shape index (κ2) is 14.1. The maximum atomic E-state index is 15.0. The molecule has 3 aromatic carbocycles. The maximum Gasteiger partial charge on any atom is 0.323 e. The second-order valence-corrected chi connectivity index (χ2v) is 11.8. The predicted molar refractivity (Wildman–Crippen MR) is 165 cm³/mol. The van der Waals surface area contributed by atoms with Gasteiger partial charge in [-0.1, -0.05) is 35.9 Å². The molecule has 0 saturated heterocycles. The van der Waals surface area contributed by atoms with E-state index in [-0.39, 0.29) is 24.2 Å². The summed E-state index contributed by atoms with van der Waals surface area (Å²) in [5.74, 6) is -0.577. The van der Waals surface area contributed by atoms with Gasteiger partial charge >= 0.3 is 5.97 Å². The molecule has 0 amide bonds. The lowest BCUT2D eigenvalue weighted by atomic mass is 9.96. The molecule has 0 aliphatic heterocycles. The van der Waals surface area contributed by atoms with Crippen molar-refractivity contribution in [1.82, 2.24) is 10.3 Å². The van der Waals surface area contributed by atoms with Gasteiger partial charge in [0.25, 0.3) is 0 Å². The van der Waals surface area contributed by atoms with Crippen LogP contribution in [-0.2, 0) is 24.4 Å². The number of hydrogen-bond donors (Lipinski definition) is 3. The smallest absolute Gasteiger partial charge is 0.323 e. The van der Waals surface area contributed by atoms with Crippen LogP contribution in [0.4, 0.5) is 4.39 Å². The number of methoxy groups -OCH3 is 1. The molecule has 1 aromatic heterocycles. The molecular weight excluding hydrogens is 605 g/mol. The van der Waals surface area contributed by atoms with Crippen molar-refractivity contribution in [3.05, 3.63) is 106 Å². The van der Waals surface area contributed by atoms with Crippen LogP contribution >= 0.6 is 23.4 Å². The molecule has 3 N–H and O–H groups in total. The predicted octanol–water partition coefficient (Wildman–Crippen LogP) is 6.32. The first-order valence-electron chi connectivity index (χ1n) is 13.8. The zero-order chi connectivity index (χ0) is 31.2. The number of carboxylic acid groups (broad SMARTS) is 1. The number of aliphatic carboxylic acids is 1. The molecule has 4 aromatic rings. The van der Waals surface area contributed by atoms with E-state index in [2.05, 4.69) is 22.4 Å². The number of pyridine rings is 1. The second-order valence-electron chi connectivity index (χ2n) is 10.2. The van der Waals surface area contributed by atoms with Gasteiger partial charge in [-0.3, -0.25) is 15.1 Å². The maximum absolute atomic E-state index is 15.0. The molecule has 0 radical (unpaired) electrons. The molecular formula is C33H29ClFN3O5S. The van der Waals surface area contributed by atoms with Gasteiger partial charge in [0.15, 0.2) is 0 Å². The van der Waals surface area contributed by atoms with Gasteiger partial charge in [0.05, 0.1) is 29.9 Å². The van der Waals surface area contributed by atoms with Gasteiger partial charge < -0.3 is 19.7 Å². The zero-order valence-corrected chi connectivity index (χ0v) is 25.3. The lowest BCUT2D eigenvalue weighted by Gasteiger charge is -2.19. The van der Waals surface area contributed by atoms with E-state index in [0.29, 0.717) is 38.8 Å². The van der Waals surface area contributed by atoms with Crippen LogP contribution < -0.4 is 14.8 Å². The van der Waals surface area contributed by atoms with E-state index in [1.54, 1.807) is 42.2 Å². The third-order valence-electron chi connectivity index (χ3n) is 7.40. The van der Waals surface area contributed by atoms with E-state index in [4.69, 9.17) is 21.1 Å². The molecule has 226 valence electrons. The number of aromatic nitrogens is 1. The molecule has 1 unspecified atom stereocenters. The van der Waals surface area contributed by atoms with E-state index >= 15 is 0 Å². The van der Waals surface area contributed by atoms with E-state index in [9.17, 15) is 24.7 Å². The summed E-state index contributed by atoms with van der Waals surface area (Å²) in [5, 5.41) is 31.4. The van der Waals surface area contributed by atoms with Crippen molar-refractivity contribution in [3.63, 3.8) is 0 Å². The van der Waals surface area contributed by atoms with Crippen molar-refractivity contribution in [2.24, 2.45) is 0 Å². The van der Waals surface area contributed by atoms with Crippen LogP contribution in [0.5, 0.6) is 11.5 Å². The highest BCUT2D eigenvalue weighted by atomic mass is 35.5. The third kappa shape index (κ3) is 6.82. The number of nitriles is 1. The molecule has 0 fully saturated rings. The Morgan fingerprint density at radius 1 is 1.23 bits per heavy atom. The number of halogens is 2. The topological polar surface area (TPSA) is 125 Å². The first-order valence-corrected chi connectivity index (χ1v) is 15.1. The molecule has 1 aliphatic rings. The van der Waals surface area contributed by atoms with E-state index in [0.717, 1.165) is 34.4 Å². The Kier molecular flexibility index (Phi) is 10.0. The van der Waals surface area contributed by atoms with Gasteiger partial charge in [-0.05, 0) is 59.9 Å². The number of nitrogens with one attached hydrogen (secondary N) is 1. The quantitative estimate of drug-likeness (QED) is 0.164. The number of carboxylic acids is 1. The Bertz CT molecular complexity index is 1730. The van der Waals surface area contributed by atoms with Crippen molar-refractivity contribution in [1.29, 1.82) is 5.26 Å². The standard InChI is InChI=1S/C33H29ClFN3O5S/c1-42-28-7-3-6-26(35)32(28)24-5-2-4-23-22(24)8-9-30(23)44-31-12-29(43-18-20-10-19(13-36)14-37-15-20)21(11-25(31)34)16-38-27(17-39)33(40)41/h2-7,10-12,14-15,27,30,38-39H,8-9,16-18H2,1H3,(H,40,41)/t27?,30-/m0/s1. The third-order valence-corrected chi connectivity index (χ3v) is 9.19. The Balaban J connectivity index is 1.45. The molecule has 5 rings (SSSR count). The summed E-state index contributed by atoms with van der Waals surface area (Å²) in [6.45, 7) is -0.389. The number of thioether (sulfide) groups is 1. The molecule has 0 bridgehead atoms. The number of rotatable bonds is 12. The number of nitrogens with zero attached hydrogens (tertiary/aromatic N) is 2. The molecule has 2 atom stereocenters. The Morgan fingerprint density at radius 3 is 2.80 bits per heavy atom. The summed E-state index contributed by atoms with van der Waals surface area (Å²) in [6.07, 6.45) is 4.63. The summed E-state index contributed by atoms with van der Waals surface area (Å²) in [7, 11) is 1.53. The molecule has 0 spiro atoms. The lowest BCUT2D eigenvalue weighted by Crippen LogP contribution is -2.39. The number of hydrogen-bond acceptors (Lipinski definition) is 8. The highest BCUT2D eigenvalue weighted by Gasteiger charge is 2.29. The number of benzene rings is 3. The van der Waals surface area contributed by atoms with Gasteiger partial charge in [-0.25, -0.2) is 4.39 Å². The first-order chi connectivity index (χ1) is 21.3. The number of aliphatic hydroxyl groups is 1. The Labute approximate surface area is 263 Å². The summed E-state index contributed by atoms with van der Waals surface area (Å²) in [6, 6.07) is 16.8. The SMILES string of the molecule is COc1cccc(F)c1-c1cccc2c1CC[C@@H]2Sc1cc(OCc2cncc(C#N)c2)c(CNC(CO)C(=O)O)cc1Cl. The van der Waals surface area contributed by atoms with E-state index in [1.165, 1.54) is 19.4 Å². The molecule has 11 heteroatoms. The lowest BCUT2D eigenvalue weighted by molar-refractivity contribution is -0.140. The van der Waals surface area contributed by atoms with Crippen LogP contribution in [0.2, 0.25) is 5.02 Å². The van der Waals surface area contributed by atoms with Crippen molar-refractivity contribution >= 4 is 29.3 Å². The van der Waals surface area contributed by atoms with Gasteiger partial charge in [0, 0.05) is 40.2 Å². The summed E-state index contributed by atoms with van der Waals surface area (Å²) in [4.78, 5) is 16.3. The van der Waals surface area contributed by atoms with Gasteiger partial charge in [0.2, 0.25) is 0 Å². The fourth-order valence-corrected chi connectivity index (χ4v) is 6.81. The highest BCUT2D eigenvalue weighted by molar-refractivity contribution is 7.99. The van der Waals surface area contributed by atoms with Gasteiger partial charge in [-0.15, -0.1) is 11.8 Å². The van der Waals surface area contributed by atoms with Crippen LogP contribution in [0.15, 0.2) is 71.9 Å². The van der Waals surface area contributed by atoms with Crippen LogP contribution in [0.3, 0.4) is 0 Å². The van der Waals surface area contributed by atoms with Gasteiger partial charge in [0.1, 0.15) is 36.0 Å². The Hall–Kier alpha value is -4.14. The highest BCUT2D eigenvalue weighted by Crippen LogP contribution is 2.50. The molecule has 8 nitrogen and oxygen atoms in total. The molecule has 0 saturated carbocycles. The molecule has 44 heavy (non-hydrogen) atoms. The Morgan fingerprint density at radius 2 is 2.05 bits per heavy atom. The van der Waals surface area contributed by atoms with Crippen molar-refractivity contribution in [2.45, 2.75) is 42.2 Å². The first kappa shape index (κ1) is 31.3. The molecule has 1 aliphatic carbocycles. The van der Waals surface area contributed by atoms with E-state index in [1.807, 2.05) is 18.2 Å². The number of ether oxygens (including phenoxy) is 2. The van der Waals surface area contributed by atoms with E-state index < -0.39 is 18.6 Å². The van der Waals surface area contributed by atoms with Crippen LogP contribution in [0, 0.1) is 17.1 Å². The van der Waals surface area contributed by atoms with Crippen LogP contribution in [-0.4, -0.2) is 40.9 Å². The summed E-state index contributed by atoms with van der Waals surface area (Å²) in [5.41, 5.74) is 5.10. The zero-order valence-electron chi connectivity index (χ0n) is 23.7. The van der Waals surface area contributed by atoms with Crippen LogP contribution in [0.1, 0.15) is 39.5 Å². The number of aliphatic hydroxyl groups excluding tert-OH is 1. The summed E-state index contributed by atoms with van der Waals surface area (Å²) < 4.78 is 26.6. The number of carbonyl (C=O) groups is 1. The molecule has 1 heterocycles. The minimum Gasteiger partial charge on any atom is -0.496 e. The minimum absolute atomic E-state index is 0.0410. The van der Waals surface area contributed by atoms with Crippen molar-refractivity contribution < 1.29 is 28.9 Å². The van der Waals surface area contributed by atoms with Crippen LogP contribution in [0.25, 0.3) is 11.1 Å².